The Morgan fingerprint density at radius 2 is 1.73 bits per heavy atom. The molecule has 2 saturated heterocycles. The molecule has 2 fully saturated rings. The first-order chi connectivity index (χ1) is 5.27. The monoisotopic (exact) mass is 153 g/mol. The molecule has 1 radical (unpaired) electrons. The van der Waals surface area contributed by atoms with E-state index in [1.54, 1.807) is 0 Å². The molecular formula is C9H17N2. The average Bonchev–Trinajstić information content (AvgIpc) is 2.40. The van der Waals surface area contributed by atoms with Gasteiger partial charge in [-0.3, -0.25) is 0 Å². The molecule has 0 aromatic heterocycles. The van der Waals surface area contributed by atoms with E-state index < -0.39 is 0 Å². The number of rotatable bonds is 1. The highest BCUT2D eigenvalue weighted by atomic mass is 15.2. The van der Waals surface area contributed by atoms with Crippen LogP contribution in [-0.4, -0.2) is 37.1 Å². The highest BCUT2D eigenvalue weighted by Crippen LogP contribution is 2.27. The molecule has 0 saturated carbocycles. The number of hydrogen-bond acceptors (Lipinski definition) is 1. The van der Waals surface area contributed by atoms with Crippen molar-refractivity contribution in [3.63, 3.8) is 0 Å². The van der Waals surface area contributed by atoms with Gasteiger partial charge in [-0.1, -0.05) is 0 Å². The van der Waals surface area contributed by atoms with Gasteiger partial charge in [-0.2, -0.15) is 0 Å². The zero-order valence-electron chi connectivity index (χ0n) is 7.45. The summed E-state index contributed by atoms with van der Waals surface area (Å²) < 4.78 is 0. The quantitative estimate of drug-likeness (QED) is 0.538. The molecule has 0 spiro atoms. The van der Waals surface area contributed by atoms with Gasteiger partial charge in [-0.25, -0.2) is 5.32 Å². The van der Waals surface area contributed by atoms with Crippen LogP contribution < -0.4 is 5.32 Å². The fraction of sp³-hybridized carbons (Fsp3) is 1.00. The summed E-state index contributed by atoms with van der Waals surface area (Å²) in [6.07, 6.45) is 0. The molecule has 2 nitrogen and oxygen atoms in total. The molecule has 2 heteroatoms. The zero-order valence-corrected chi connectivity index (χ0v) is 7.45. The Morgan fingerprint density at radius 1 is 1.18 bits per heavy atom. The van der Waals surface area contributed by atoms with Crippen LogP contribution in [0, 0.1) is 11.8 Å². The smallest absolute Gasteiger partial charge is 0.0177 e. The molecule has 2 heterocycles. The number of fused-ring (bicyclic) bond motifs is 1. The SMILES string of the molecule is CC(C)N1CC2C[N]CC2C1. The summed E-state index contributed by atoms with van der Waals surface area (Å²) in [5.41, 5.74) is 0. The Kier molecular flexibility index (Phi) is 1.90. The van der Waals surface area contributed by atoms with Gasteiger partial charge in [0.2, 0.25) is 0 Å². The van der Waals surface area contributed by atoms with Gasteiger partial charge in [-0.15, -0.1) is 0 Å². The summed E-state index contributed by atoms with van der Waals surface area (Å²) in [6.45, 7) is 9.44. The molecule has 2 aliphatic rings. The van der Waals surface area contributed by atoms with Crippen LogP contribution in [0.25, 0.3) is 0 Å². The maximum absolute atomic E-state index is 4.43. The number of hydrogen-bond donors (Lipinski definition) is 0. The number of likely N-dealkylation sites (tertiary alicyclic amines) is 1. The van der Waals surface area contributed by atoms with Crippen molar-refractivity contribution in [1.29, 1.82) is 0 Å². The van der Waals surface area contributed by atoms with Gasteiger partial charge in [0, 0.05) is 32.2 Å². The van der Waals surface area contributed by atoms with Crippen molar-refractivity contribution in [3.8, 4) is 0 Å². The zero-order chi connectivity index (χ0) is 7.84. The average molecular weight is 153 g/mol. The summed E-state index contributed by atoms with van der Waals surface area (Å²) in [4.78, 5) is 2.59. The van der Waals surface area contributed by atoms with E-state index in [4.69, 9.17) is 0 Å². The molecule has 2 atom stereocenters. The third-order valence-electron chi connectivity index (χ3n) is 3.06. The second kappa shape index (κ2) is 2.76. The van der Waals surface area contributed by atoms with E-state index in [9.17, 15) is 0 Å². The minimum absolute atomic E-state index is 0.737. The molecule has 2 aliphatic heterocycles. The third kappa shape index (κ3) is 1.30. The molecule has 0 aromatic carbocycles. The van der Waals surface area contributed by atoms with Crippen LogP contribution in [0.15, 0.2) is 0 Å². The van der Waals surface area contributed by atoms with Crippen LogP contribution in [0.2, 0.25) is 0 Å². The van der Waals surface area contributed by atoms with Crippen LogP contribution in [0.5, 0.6) is 0 Å². The molecular weight excluding hydrogens is 136 g/mol. The van der Waals surface area contributed by atoms with Crippen molar-refractivity contribution in [2.45, 2.75) is 19.9 Å². The van der Waals surface area contributed by atoms with Gasteiger partial charge < -0.3 is 4.90 Å². The molecule has 2 rings (SSSR count). The van der Waals surface area contributed by atoms with E-state index in [-0.39, 0.29) is 0 Å². The maximum atomic E-state index is 4.43. The first-order valence-corrected chi connectivity index (χ1v) is 4.64. The predicted molar refractivity (Wildman–Crippen MR) is 45.6 cm³/mol. The minimum atomic E-state index is 0.737. The highest BCUT2D eigenvalue weighted by molar-refractivity contribution is 4.91. The molecule has 0 N–H and O–H groups in total. The first kappa shape index (κ1) is 7.56. The lowest BCUT2D eigenvalue weighted by Crippen LogP contribution is -2.30. The third-order valence-corrected chi connectivity index (χ3v) is 3.06. The summed E-state index contributed by atoms with van der Waals surface area (Å²) in [6, 6.07) is 0.737. The normalized spacial score (nSPS) is 38.5. The van der Waals surface area contributed by atoms with Crippen molar-refractivity contribution in [1.82, 2.24) is 10.2 Å². The summed E-state index contributed by atoms with van der Waals surface area (Å²) in [7, 11) is 0. The first-order valence-electron chi connectivity index (χ1n) is 4.64. The van der Waals surface area contributed by atoms with Gasteiger partial charge >= 0.3 is 0 Å². The lowest BCUT2D eigenvalue weighted by atomic mass is 10.0. The fourth-order valence-corrected chi connectivity index (χ4v) is 2.22. The second-order valence-corrected chi connectivity index (χ2v) is 4.16. The van der Waals surface area contributed by atoms with Crippen molar-refractivity contribution in [2.24, 2.45) is 11.8 Å². The van der Waals surface area contributed by atoms with Crippen LogP contribution >= 0.6 is 0 Å². The van der Waals surface area contributed by atoms with Gasteiger partial charge in [0.1, 0.15) is 0 Å². The van der Waals surface area contributed by atoms with Crippen molar-refractivity contribution < 1.29 is 0 Å². The van der Waals surface area contributed by atoms with E-state index in [1.165, 1.54) is 13.1 Å². The van der Waals surface area contributed by atoms with E-state index in [0.717, 1.165) is 31.0 Å². The standard InChI is InChI=1S/C9H17N2/c1-7(2)11-5-8-3-10-4-9(8)6-11/h7-9H,3-6H2,1-2H3. The van der Waals surface area contributed by atoms with Gasteiger partial charge in [-0.05, 0) is 25.7 Å². The van der Waals surface area contributed by atoms with Crippen molar-refractivity contribution in [3.05, 3.63) is 0 Å². The van der Waals surface area contributed by atoms with Crippen LogP contribution in [0.3, 0.4) is 0 Å². The minimum Gasteiger partial charge on any atom is -0.300 e. The molecule has 0 aromatic rings. The van der Waals surface area contributed by atoms with E-state index in [0.29, 0.717) is 0 Å². The molecule has 11 heavy (non-hydrogen) atoms. The van der Waals surface area contributed by atoms with Gasteiger partial charge in [0.15, 0.2) is 0 Å². The Morgan fingerprint density at radius 3 is 2.18 bits per heavy atom. The highest BCUT2D eigenvalue weighted by Gasteiger charge is 2.37. The fourth-order valence-electron chi connectivity index (χ4n) is 2.22. The van der Waals surface area contributed by atoms with Crippen LogP contribution in [-0.2, 0) is 0 Å². The van der Waals surface area contributed by atoms with Crippen molar-refractivity contribution >= 4 is 0 Å². The van der Waals surface area contributed by atoms with E-state index >= 15 is 0 Å². The maximum Gasteiger partial charge on any atom is 0.0177 e. The summed E-state index contributed by atoms with van der Waals surface area (Å²) >= 11 is 0. The number of nitrogens with zero attached hydrogens (tertiary/aromatic N) is 2. The second-order valence-electron chi connectivity index (χ2n) is 4.16. The lowest BCUT2D eigenvalue weighted by molar-refractivity contribution is 0.256. The Balaban J connectivity index is 1.94. The molecule has 0 amide bonds. The van der Waals surface area contributed by atoms with Gasteiger partial charge in [0.25, 0.3) is 0 Å². The topological polar surface area (TPSA) is 17.3 Å². The van der Waals surface area contributed by atoms with Crippen LogP contribution in [0.1, 0.15) is 13.8 Å². The molecule has 0 aliphatic carbocycles. The Labute approximate surface area is 69.0 Å². The Bertz CT molecular complexity index is 132. The Hall–Kier alpha value is -0.0800. The summed E-state index contributed by atoms with van der Waals surface area (Å²) in [5.74, 6) is 1.80. The van der Waals surface area contributed by atoms with E-state index in [1.807, 2.05) is 0 Å². The lowest BCUT2D eigenvalue weighted by Gasteiger charge is -2.20. The largest absolute Gasteiger partial charge is 0.300 e. The van der Waals surface area contributed by atoms with Gasteiger partial charge in [0.05, 0.1) is 0 Å². The molecule has 2 unspecified atom stereocenters. The van der Waals surface area contributed by atoms with Crippen molar-refractivity contribution in [2.75, 3.05) is 26.2 Å². The van der Waals surface area contributed by atoms with E-state index in [2.05, 4.69) is 24.1 Å². The predicted octanol–water partition coefficient (Wildman–Crippen LogP) is 0.561. The summed E-state index contributed by atoms with van der Waals surface area (Å²) in [5, 5.41) is 4.43. The molecule has 63 valence electrons. The van der Waals surface area contributed by atoms with Crippen LogP contribution in [0.4, 0.5) is 0 Å². The molecule has 0 bridgehead atoms.